The molecule has 0 aliphatic rings. The van der Waals surface area contributed by atoms with Crippen LogP contribution in [0.4, 0.5) is 4.39 Å². The summed E-state index contributed by atoms with van der Waals surface area (Å²) in [5.41, 5.74) is 0.428. The SMILES string of the molecule is Cc1ccc(F)c(C(=O)N[C@H](CO)C(=O)O)c1. The topological polar surface area (TPSA) is 86.6 Å². The molecule has 0 unspecified atom stereocenters. The monoisotopic (exact) mass is 241 g/mol. The first-order valence-electron chi connectivity index (χ1n) is 4.86. The second-order valence-corrected chi connectivity index (χ2v) is 3.53. The number of amides is 1. The first kappa shape index (κ1) is 13.1. The molecule has 3 N–H and O–H groups in total. The van der Waals surface area contributed by atoms with Gasteiger partial charge in [0.05, 0.1) is 12.2 Å². The summed E-state index contributed by atoms with van der Waals surface area (Å²) in [6, 6.07) is 2.48. The van der Waals surface area contributed by atoms with Crippen LogP contribution in [-0.2, 0) is 4.79 Å². The Kier molecular flexibility index (Phi) is 4.17. The summed E-state index contributed by atoms with van der Waals surface area (Å²) >= 11 is 0. The number of halogens is 1. The second kappa shape index (κ2) is 5.40. The van der Waals surface area contributed by atoms with E-state index in [1.54, 1.807) is 6.92 Å². The molecule has 0 fully saturated rings. The molecule has 0 spiro atoms. The lowest BCUT2D eigenvalue weighted by Crippen LogP contribution is -2.43. The molecular formula is C11H12FNO4. The number of aliphatic hydroxyl groups excluding tert-OH is 1. The van der Waals surface area contributed by atoms with Gasteiger partial charge in [0.2, 0.25) is 0 Å². The van der Waals surface area contributed by atoms with E-state index in [9.17, 15) is 14.0 Å². The molecule has 0 saturated heterocycles. The number of carboxylic acids is 1. The number of hydrogen-bond acceptors (Lipinski definition) is 3. The van der Waals surface area contributed by atoms with Crippen molar-refractivity contribution in [2.45, 2.75) is 13.0 Å². The summed E-state index contributed by atoms with van der Waals surface area (Å²) < 4.78 is 13.3. The second-order valence-electron chi connectivity index (χ2n) is 3.53. The highest BCUT2D eigenvalue weighted by Crippen LogP contribution is 2.10. The van der Waals surface area contributed by atoms with Crippen LogP contribution in [0.3, 0.4) is 0 Å². The van der Waals surface area contributed by atoms with E-state index < -0.39 is 30.3 Å². The fourth-order valence-electron chi connectivity index (χ4n) is 1.23. The quantitative estimate of drug-likeness (QED) is 0.708. The zero-order valence-electron chi connectivity index (χ0n) is 9.11. The highest BCUT2D eigenvalue weighted by molar-refractivity contribution is 5.97. The lowest BCUT2D eigenvalue weighted by Gasteiger charge is -2.12. The van der Waals surface area contributed by atoms with E-state index in [0.717, 1.165) is 6.07 Å². The molecule has 6 heteroatoms. The van der Waals surface area contributed by atoms with E-state index in [0.29, 0.717) is 5.56 Å². The van der Waals surface area contributed by atoms with Crippen molar-refractivity contribution >= 4 is 11.9 Å². The lowest BCUT2D eigenvalue weighted by atomic mass is 10.1. The van der Waals surface area contributed by atoms with Crippen molar-refractivity contribution < 1.29 is 24.2 Å². The van der Waals surface area contributed by atoms with E-state index in [1.807, 2.05) is 5.32 Å². The van der Waals surface area contributed by atoms with Crippen LogP contribution in [0.1, 0.15) is 15.9 Å². The number of aliphatic carboxylic acids is 1. The van der Waals surface area contributed by atoms with Crippen molar-refractivity contribution in [3.63, 3.8) is 0 Å². The fraction of sp³-hybridized carbons (Fsp3) is 0.273. The van der Waals surface area contributed by atoms with Crippen LogP contribution in [-0.4, -0.2) is 34.7 Å². The Morgan fingerprint density at radius 3 is 2.65 bits per heavy atom. The number of nitrogens with one attached hydrogen (secondary N) is 1. The summed E-state index contributed by atoms with van der Waals surface area (Å²) in [7, 11) is 0. The summed E-state index contributed by atoms with van der Waals surface area (Å²) in [6.45, 7) is 0.922. The van der Waals surface area contributed by atoms with Crippen LogP contribution < -0.4 is 5.32 Å². The normalized spacial score (nSPS) is 11.9. The average Bonchev–Trinajstić information content (AvgIpc) is 2.28. The van der Waals surface area contributed by atoms with Gasteiger partial charge < -0.3 is 15.5 Å². The highest BCUT2D eigenvalue weighted by atomic mass is 19.1. The van der Waals surface area contributed by atoms with Crippen LogP contribution in [0.25, 0.3) is 0 Å². The van der Waals surface area contributed by atoms with Gasteiger partial charge in [-0.05, 0) is 19.1 Å². The molecule has 0 aromatic heterocycles. The van der Waals surface area contributed by atoms with Gasteiger partial charge in [0, 0.05) is 0 Å². The van der Waals surface area contributed by atoms with Crippen LogP contribution in [0, 0.1) is 12.7 Å². The maximum Gasteiger partial charge on any atom is 0.328 e. The van der Waals surface area contributed by atoms with Gasteiger partial charge in [-0.1, -0.05) is 11.6 Å². The number of carbonyl (C=O) groups is 2. The maximum absolute atomic E-state index is 13.3. The predicted octanol–water partition coefficient (Wildman–Crippen LogP) is 0.309. The number of carbonyl (C=O) groups excluding carboxylic acids is 1. The Labute approximate surface area is 96.9 Å². The Hall–Kier alpha value is -1.95. The molecule has 0 saturated carbocycles. The molecule has 0 heterocycles. The van der Waals surface area contributed by atoms with E-state index in [4.69, 9.17) is 10.2 Å². The van der Waals surface area contributed by atoms with Crippen molar-refractivity contribution in [3.8, 4) is 0 Å². The smallest absolute Gasteiger partial charge is 0.328 e. The minimum Gasteiger partial charge on any atom is -0.480 e. The van der Waals surface area contributed by atoms with Crippen LogP contribution in [0.5, 0.6) is 0 Å². The van der Waals surface area contributed by atoms with Gasteiger partial charge in [0.15, 0.2) is 6.04 Å². The van der Waals surface area contributed by atoms with Gasteiger partial charge >= 0.3 is 5.97 Å². The summed E-state index contributed by atoms with van der Waals surface area (Å²) in [5, 5.41) is 19.4. The standard InChI is InChI=1S/C11H12FNO4/c1-6-2-3-8(12)7(4-6)10(15)13-9(5-14)11(16)17/h2-4,9,14H,5H2,1H3,(H,13,15)(H,16,17)/t9-/m1/s1. The molecule has 0 bridgehead atoms. The van der Waals surface area contributed by atoms with E-state index in [1.165, 1.54) is 12.1 Å². The van der Waals surface area contributed by atoms with Crippen molar-refractivity contribution in [3.05, 3.63) is 35.1 Å². The lowest BCUT2D eigenvalue weighted by molar-refractivity contribution is -0.140. The average molecular weight is 241 g/mol. The maximum atomic E-state index is 13.3. The van der Waals surface area contributed by atoms with Gasteiger partial charge in [-0.2, -0.15) is 0 Å². The Bertz CT molecular complexity index is 447. The molecule has 1 rings (SSSR count). The zero-order valence-corrected chi connectivity index (χ0v) is 9.11. The Balaban J connectivity index is 2.89. The van der Waals surface area contributed by atoms with Crippen molar-refractivity contribution in [1.82, 2.24) is 5.32 Å². The molecule has 0 radical (unpaired) electrons. The molecule has 1 atom stereocenters. The fourth-order valence-corrected chi connectivity index (χ4v) is 1.23. The molecule has 5 nitrogen and oxygen atoms in total. The highest BCUT2D eigenvalue weighted by Gasteiger charge is 2.21. The first-order chi connectivity index (χ1) is 7.95. The van der Waals surface area contributed by atoms with Crippen LogP contribution >= 0.6 is 0 Å². The third-order valence-corrected chi connectivity index (χ3v) is 2.15. The molecular weight excluding hydrogens is 229 g/mol. The molecule has 17 heavy (non-hydrogen) atoms. The number of benzene rings is 1. The molecule has 0 aliphatic heterocycles. The molecule has 92 valence electrons. The van der Waals surface area contributed by atoms with Crippen LogP contribution in [0.15, 0.2) is 18.2 Å². The number of aryl methyl sites for hydroxylation is 1. The van der Waals surface area contributed by atoms with Crippen molar-refractivity contribution in [2.24, 2.45) is 0 Å². The molecule has 1 aromatic rings. The third kappa shape index (κ3) is 3.25. The largest absolute Gasteiger partial charge is 0.480 e. The van der Waals surface area contributed by atoms with Crippen molar-refractivity contribution in [2.75, 3.05) is 6.61 Å². The van der Waals surface area contributed by atoms with E-state index >= 15 is 0 Å². The minimum absolute atomic E-state index is 0.246. The predicted molar refractivity (Wildman–Crippen MR) is 57.1 cm³/mol. The number of carboxylic acid groups (broad SMARTS) is 1. The van der Waals surface area contributed by atoms with E-state index in [-0.39, 0.29) is 5.56 Å². The van der Waals surface area contributed by atoms with Crippen LogP contribution in [0.2, 0.25) is 0 Å². The summed E-state index contributed by atoms with van der Waals surface area (Å²) in [5.74, 6) is -2.99. The van der Waals surface area contributed by atoms with Gasteiger partial charge in [-0.15, -0.1) is 0 Å². The summed E-state index contributed by atoms with van der Waals surface area (Å²) in [6.07, 6.45) is 0. The number of hydrogen-bond donors (Lipinski definition) is 3. The van der Waals surface area contributed by atoms with Crippen molar-refractivity contribution in [1.29, 1.82) is 0 Å². The number of aliphatic hydroxyl groups is 1. The van der Waals surface area contributed by atoms with Gasteiger partial charge in [0.25, 0.3) is 5.91 Å². The third-order valence-electron chi connectivity index (χ3n) is 2.15. The number of rotatable bonds is 4. The Morgan fingerprint density at radius 1 is 1.47 bits per heavy atom. The first-order valence-corrected chi connectivity index (χ1v) is 4.86. The van der Waals surface area contributed by atoms with E-state index in [2.05, 4.69) is 0 Å². The molecule has 1 amide bonds. The van der Waals surface area contributed by atoms with Gasteiger partial charge in [-0.3, -0.25) is 4.79 Å². The summed E-state index contributed by atoms with van der Waals surface area (Å²) in [4.78, 5) is 22.1. The Morgan fingerprint density at radius 2 is 2.12 bits per heavy atom. The molecule has 0 aliphatic carbocycles. The van der Waals surface area contributed by atoms with Gasteiger partial charge in [-0.25, -0.2) is 9.18 Å². The van der Waals surface area contributed by atoms with Gasteiger partial charge in [0.1, 0.15) is 5.82 Å². The molecule has 1 aromatic carbocycles. The minimum atomic E-state index is -1.44. The zero-order chi connectivity index (χ0) is 13.0.